The van der Waals surface area contributed by atoms with Gasteiger partial charge >= 0.3 is 0 Å². The third-order valence-electron chi connectivity index (χ3n) is 1.95. The predicted molar refractivity (Wildman–Crippen MR) is 56.6 cm³/mol. The Bertz CT molecular complexity index is 274. The average molecular weight is 196 g/mol. The molecule has 2 nitrogen and oxygen atoms in total. The molecule has 0 aromatic heterocycles. The summed E-state index contributed by atoms with van der Waals surface area (Å²) in [5.74, 6) is -0.172. The van der Waals surface area contributed by atoms with Crippen LogP contribution in [0.15, 0.2) is 24.3 Å². The fourth-order valence-corrected chi connectivity index (χ4v) is 1.25. The topological polar surface area (TPSA) is 38.0 Å². The maximum atomic E-state index is 12.8. The first-order valence-corrected chi connectivity index (χ1v) is 4.89. The van der Waals surface area contributed by atoms with E-state index < -0.39 is 0 Å². The molecule has 1 aromatic rings. The Morgan fingerprint density at radius 2 is 2.29 bits per heavy atom. The van der Waals surface area contributed by atoms with Gasteiger partial charge in [0.25, 0.3) is 0 Å². The van der Waals surface area contributed by atoms with E-state index in [-0.39, 0.29) is 11.9 Å². The third-order valence-corrected chi connectivity index (χ3v) is 1.95. The quantitative estimate of drug-likeness (QED) is 0.697. The van der Waals surface area contributed by atoms with E-state index in [1.807, 2.05) is 13.0 Å². The van der Waals surface area contributed by atoms with Crippen LogP contribution in [-0.4, -0.2) is 19.1 Å². The Kier molecular flexibility index (Phi) is 4.56. The molecule has 3 N–H and O–H groups in total. The van der Waals surface area contributed by atoms with Gasteiger partial charge in [0.1, 0.15) is 5.82 Å². The number of nitrogens with one attached hydrogen (secondary N) is 1. The highest BCUT2D eigenvalue weighted by molar-refractivity contribution is 5.16. The minimum atomic E-state index is -0.172. The van der Waals surface area contributed by atoms with Crippen LogP contribution in [0, 0.1) is 5.82 Å². The van der Waals surface area contributed by atoms with Gasteiger partial charge in [0.05, 0.1) is 0 Å². The molecule has 0 aliphatic heterocycles. The van der Waals surface area contributed by atoms with Gasteiger partial charge in [-0.2, -0.15) is 0 Å². The Morgan fingerprint density at radius 1 is 1.50 bits per heavy atom. The van der Waals surface area contributed by atoms with Crippen molar-refractivity contribution in [3.63, 3.8) is 0 Å². The van der Waals surface area contributed by atoms with Crippen molar-refractivity contribution in [2.75, 3.05) is 13.1 Å². The van der Waals surface area contributed by atoms with E-state index in [0.29, 0.717) is 0 Å². The van der Waals surface area contributed by atoms with Crippen LogP contribution in [0.2, 0.25) is 0 Å². The summed E-state index contributed by atoms with van der Waals surface area (Å²) in [4.78, 5) is 0. The van der Waals surface area contributed by atoms with Gasteiger partial charge in [-0.3, -0.25) is 0 Å². The Hall–Kier alpha value is -0.930. The molecule has 3 heteroatoms. The highest BCUT2D eigenvalue weighted by atomic mass is 19.1. The minimum Gasteiger partial charge on any atom is -0.327 e. The van der Waals surface area contributed by atoms with Crippen LogP contribution in [0.1, 0.15) is 12.5 Å². The van der Waals surface area contributed by atoms with Crippen LogP contribution < -0.4 is 11.1 Å². The van der Waals surface area contributed by atoms with E-state index in [9.17, 15) is 4.39 Å². The molecule has 0 radical (unpaired) electrons. The SMILES string of the molecule is CC(N)CNCCc1cccc(F)c1. The number of nitrogens with two attached hydrogens (primary N) is 1. The van der Waals surface area contributed by atoms with Crippen molar-refractivity contribution in [3.8, 4) is 0 Å². The molecule has 1 aromatic carbocycles. The van der Waals surface area contributed by atoms with Gasteiger partial charge in [-0.25, -0.2) is 4.39 Å². The molecular weight excluding hydrogens is 179 g/mol. The Morgan fingerprint density at radius 3 is 2.93 bits per heavy atom. The molecule has 14 heavy (non-hydrogen) atoms. The molecule has 0 aliphatic carbocycles. The third kappa shape index (κ3) is 4.35. The first kappa shape index (κ1) is 11.1. The fourth-order valence-electron chi connectivity index (χ4n) is 1.25. The molecule has 0 spiro atoms. The van der Waals surface area contributed by atoms with E-state index in [1.165, 1.54) is 6.07 Å². The highest BCUT2D eigenvalue weighted by Gasteiger charge is 1.96. The molecule has 0 saturated carbocycles. The maximum absolute atomic E-state index is 12.8. The number of hydrogen-bond donors (Lipinski definition) is 2. The zero-order chi connectivity index (χ0) is 10.4. The molecule has 0 saturated heterocycles. The van der Waals surface area contributed by atoms with Crippen LogP contribution in [-0.2, 0) is 6.42 Å². The predicted octanol–water partition coefficient (Wildman–Crippen LogP) is 1.31. The molecule has 0 heterocycles. The summed E-state index contributed by atoms with van der Waals surface area (Å²) < 4.78 is 12.8. The number of halogens is 1. The summed E-state index contributed by atoms with van der Waals surface area (Å²) in [7, 11) is 0. The maximum Gasteiger partial charge on any atom is 0.123 e. The van der Waals surface area contributed by atoms with Crippen molar-refractivity contribution in [3.05, 3.63) is 35.6 Å². The lowest BCUT2D eigenvalue weighted by atomic mass is 10.1. The first-order chi connectivity index (χ1) is 6.68. The molecule has 1 rings (SSSR count). The second-order valence-electron chi connectivity index (χ2n) is 3.56. The summed E-state index contributed by atoms with van der Waals surface area (Å²) in [6, 6.07) is 6.85. The van der Waals surface area contributed by atoms with Gasteiger partial charge in [0.15, 0.2) is 0 Å². The minimum absolute atomic E-state index is 0.169. The van der Waals surface area contributed by atoms with E-state index in [1.54, 1.807) is 12.1 Å². The number of hydrogen-bond acceptors (Lipinski definition) is 2. The molecule has 0 bridgehead atoms. The zero-order valence-corrected chi connectivity index (χ0v) is 8.46. The first-order valence-electron chi connectivity index (χ1n) is 4.89. The van der Waals surface area contributed by atoms with E-state index >= 15 is 0 Å². The van der Waals surface area contributed by atoms with Crippen molar-refractivity contribution in [1.82, 2.24) is 5.32 Å². The van der Waals surface area contributed by atoms with Crippen molar-refractivity contribution >= 4 is 0 Å². The van der Waals surface area contributed by atoms with Gasteiger partial charge in [-0.15, -0.1) is 0 Å². The summed E-state index contributed by atoms with van der Waals surface area (Å²) >= 11 is 0. The molecule has 1 atom stereocenters. The van der Waals surface area contributed by atoms with Gasteiger partial charge in [-0.1, -0.05) is 12.1 Å². The van der Waals surface area contributed by atoms with Crippen LogP contribution in [0.4, 0.5) is 4.39 Å². The van der Waals surface area contributed by atoms with E-state index in [0.717, 1.165) is 25.1 Å². The van der Waals surface area contributed by atoms with Crippen LogP contribution >= 0.6 is 0 Å². The highest BCUT2D eigenvalue weighted by Crippen LogP contribution is 2.03. The normalized spacial score (nSPS) is 12.8. The largest absolute Gasteiger partial charge is 0.327 e. The molecule has 78 valence electrons. The van der Waals surface area contributed by atoms with Crippen LogP contribution in [0.3, 0.4) is 0 Å². The van der Waals surface area contributed by atoms with Gasteiger partial charge in [-0.05, 0) is 37.6 Å². The zero-order valence-electron chi connectivity index (χ0n) is 8.46. The molecule has 1 unspecified atom stereocenters. The van der Waals surface area contributed by atoms with Crippen LogP contribution in [0.25, 0.3) is 0 Å². The lowest BCUT2D eigenvalue weighted by Gasteiger charge is -2.07. The molecular formula is C11H17FN2. The second kappa shape index (κ2) is 5.73. The number of benzene rings is 1. The lowest BCUT2D eigenvalue weighted by molar-refractivity contribution is 0.603. The van der Waals surface area contributed by atoms with Crippen molar-refractivity contribution in [2.24, 2.45) is 5.73 Å². The second-order valence-corrected chi connectivity index (χ2v) is 3.56. The van der Waals surface area contributed by atoms with Crippen LogP contribution in [0.5, 0.6) is 0 Å². The van der Waals surface area contributed by atoms with Gasteiger partial charge in [0, 0.05) is 12.6 Å². The van der Waals surface area contributed by atoms with E-state index in [4.69, 9.17) is 5.73 Å². The Labute approximate surface area is 84.3 Å². The van der Waals surface area contributed by atoms with Crippen molar-refractivity contribution in [2.45, 2.75) is 19.4 Å². The van der Waals surface area contributed by atoms with Gasteiger partial charge < -0.3 is 11.1 Å². The molecule has 0 amide bonds. The van der Waals surface area contributed by atoms with E-state index in [2.05, 4.69) is 5.32 Å². The standard InChI is InChI=1S/C11H17FN2/c1-9(13)8-14-6-5-10-3-2-4-11(12)7-10/h2-4,7,9,14H,5-6,8,13H2,1H3. The number of rotatable bonds is 5. The summed E-state index contributed by atoms with van der Waals surface area (Å²) in [5, 5.41) is 3.21. The Balaban J connectivity index is 2.25. The summed E-state index contributed by atoms with van der Waals surface area (Å²) in [6.45, 7) is 3.59. The monoisotopic (exact) mass is 196 g/mol. The lowest BCUT2D eigenvalue weighted by Crippen LogP contribution is -2.32. The molecule has 0 aliphatic rings. The van der Waals surface area contributed by atoms with Crippen molar-refractivity contribution in [1.29, 1.82) is 0 Å². The average Bonchev–Trinajstić information content (AvgIpc) is 2.12. The molecule has 0 fully saturated rings. The fraction of sp³-hybridized carbons (Fsp3) is 0.455. The summed E-state index contributed by atoms with van der Waals surface area (Å²) in [6.07, 6.45) is 0.838. The summed E-state index contributed by atoms with van der Waals surface area (Å²) in [5.41, 5.74) is 6.59. The van der Waals surface area contributed by atoms with Gasteiger partial charge in [0.2, 0.25) is 0 Å². The smallest absolute Gasteiger partial charge is 0.123 e. The van der Waals surface area contributed by atoms with Crippen molar-refractivity contribution < 1.29 is 4.39 Å².